The third-order valence-electron chi connectivity index (χ3n) is 4.80. The molecular formula is C21H26O2. The fourth-order valence-electron chi connectivity index (χ4n) is 3.30. The van der Waals surface area contributed by atoms with Gasteiger partial charge in [0, 0.05) is 11.1 Å². The molecule has 1 aromatic rings. The molecule has 1 N–H and O–H groups in total. The van der Waals surface area contributed by atoms with Crippen LogP contribution in [0.4, 0.5) is 0 Å². The van der Waals surface area contributed by atoms with E-state index in [4.69, 9.17) is 4.74 Å². The van der Waals surface area contributed by atoms with E-state index in [2.05, 4.69) is 45.1 Å². The summed E-state index contributed by atoms with van der Waals surface area (Å²) in [6.07, 6.45) is 13.7. The molecule has 0 aromatic heterocycles. The predicted molar refractivity (Wildman–Crippen MR) is 95.9 cm³/mol. The molecule has 1 atom stereocenters. The summed E-state index contributed by atoms with van der Waals surface area (Å²) in [6.45, 7) is 6.48. The minimum atomic E-state index is -0.271. The molecule has 2 nitrogen and oxygen atoms in total. The summed E-state index contributed by atoms with van der Waals surface area (Å²) in [7, 11) is 0. The standard InChI is InChI=1S/C21H26O2/c1-15-6-4-7-16(2)12-18-14-20-17(13-19(18)22)9-11-21(3,23-20)10-5-8-15/h7-9,11,13-14,22H,4-6,10,12H2,1-3H3/b15-8-,16-7-. The van der Waals surface area contributed by atoms with Crippen LogP contribution in [0.5, 0.6) is 11.5 Å². The molecule has 0 aliphatic carbocycles. The van der Waals surface area contributed by atoms with Gasteiger partial charge in [0.25, 0.3) is 0 Å². The van der Waals surface area contributed by atoms with Gasteiger partial charge in [-0.15, -0.1) is 0 Å². The van der Waals surface area contributed by atoms with Crippen molar-refractivity contribution in [1.82, 2.24) is 0 Å². The van der Waals surface area contributed by atoms with E-state index in [1.54, 1.807) is 0 Å². The molecule has 2 heteroatoms. The summed E-state index contributed by atoms with van der Waals surface area (Å²) < 4.78 is 6.28. The quantitative estimate of drug-likeness (QED) is 0.635. The van der Waals surface area contributed by atoms with E-state index in [0.29, 0.717) is 5.75 Å². The molecule has 0 radical (unpaired) electrons. The number of hydrogen-bond acceptors (Lipinski definition) is 2. The highest BCUT2D eigenvalue weighted by atomic mass is 16.5. The highest BCUT2D eigenvalue weighted by molar-refractivity contribution is 5.64. The molecule has 2 heterocycles. The van der Waals surface area contributed by atoms with Gasteiger partial charge >= 0.3 is 0 Å². The van der Waals surface area contributed by atoms with Crippen LogP contribution in [0.3, 0.4) is 0 Å². The van der Waals surface area contributed by atoms with Crippen LogP contribution in [0.25, 0.3) is 6.08 Å². The minimum Gasteiger partial charge on any atom is -0.508 e. The molecule has 1 unspecified atom stereocenters. The van der Waals surface area contributed by atoms with Gasteiger partial charge in [0.15, 0.2) is 0 Å². The third kappa shape index (κ3) is 3.69. The highest BCUT2D eigenvalue weighted by Crippen LogP contribution is 2.38. The van der Waals surface area contributed by atoms with E-state index in [9.17, 15) is 5.11 Å². The molecule has 1 aromatic carbocycles. The molecule has 122 valence electrons. The van der Waals surface area contributed by atoms with E-state index in [0.717, 1.165) is 49.0 Å². The van der Waals surface area contributed by atoms with Gasteiger partial charge in [0.1, 0.15) is 17.1 Å². The molecule has 0 spiro atoms. The van der Waals surface area contributed by atoms with E-state index in [1.165, 1.54) is 11.1 Å². The van der Waals surface area contributed by atoms with Crippen molar-refractivity contribution in [2.45, 2.75) is 58.5 Å². The Balaban J connectivity index is 2.00. The van der Waals surface area contributed by atoms with Crippen molar-refractivity contribution in [3.05, 3.63) is 52.6 Å². The Kier molecular flexibility index (Phi) is 4.34. The summed E-state index contributed by atoms with van der Waals surface area (Å²) in [6, 6.07) is 3.83. The van der Waals surface area contributed by atoms with Gasteiger partial charge in [0.05, 0.1) is 0 Å². The average molecular weight is 310 g/mol. The second-order valence-electron chi connectivity index (χ2n) is 7.12. The Morgan fingerprint density at radius 2 is 1.87 bits per heavy atom. The Morgan fingerprint density at radius 3 is 2.70 bits per heavy atom. The lowest BCUT2D eigenvalue weighted by atomic mass is 9.92. The number of phenolic OH excluding ortho intramolecular Hbond substituents is 1. The van der Waals surface area contributed by atoms with Gasteiger partial charge in [-0.3, -0.25) is 0 Å². The van der Waals surface area contributed by atoms with Crippen molar-refractivity contribution >= 4 is 6.08 Å². The lowest BCUT2D eigenvalue weighted by Crippen LogP contribution is -2.31. The van der Waals surface area contributed by atoms with Crippen LogP contribution < -0.4 is 4.74 Å². The van der Waals surface area contributed by atoms with Crippen LogP contribution in [0.1, 0.15) is 57.6 Å². The number of phenols is 1. The summed E-state index contributed by atoms with van der Waals surface area (Å²) in [4.78, 5) is 0. The van der Waals surface area contributed by atoms with Crippen LogP contribution >= 0.6 is 0 Å². The molecule has 0 saturated heterocycles. The van der Waals surface area contributed by atoms with Crippen LogP contribution in [-0.4, -0.2) is 10.7 Å². The van der Waals surface area contributed by atoms with Gasteiger partial charge in [-0.1, -0.05) is 29.4 Å². The number of aromatic hydroxyl groups is 1. The summed E-state index contributed by atoms with van der Waals surface area (Å²) >= 11 is 0. The largest absolute Gasteiger partial charge is 0.508 e. The lowest BCUT2D eigenvalue weighted by Gasteiger charge is -2.32. The number of allylic oxidation sites excluding steroid dienone is 4. The zero-order valence-corrected chi connectivity index (χ0v) is 14.4. The SMILES string of the molecule is C/C1=C/CCC2(C)C=Cc3cc(O)c(cc3O2)C/C(C)=C\CC1. The zero-order chi connectivity index (χ0) is 16.4. The molecular weight excluding hydrogens is 284 g/mol. The van der Waals surface area contributed by atoms with Crippen LogP contribution in [0.15, 0.2) is 41.5 Å². The van der Waals surface area contributed by atoms with Gasteiger partial charge in [-0.2, -0.15) is 0 Å². The maximum absolute atomic E-state index is 10.3. The molecule has 3 bridgehead atoms. The molecule has 3 rings (SSSR count). The van der Waals surface area contributed by atoms with Crippen molar-refractivity contribution in [1.29, 1.82) is 0 Å². The number of fused-ring (bicyclic) bond motifs is 2. The van der Waals surface area contributed by atoms with Crippen molar-refractivity contribution in [2.24, 2.45) is 0 Å². The van der Waals surface area contributed by atoms with Gasteiger partial charge in [-0.05, 0) is 71.1 Å². The third-order valence-corrected chi connectivity index (χ3v) is 4.80. The fraction of sp³-hybridized carbons (Fsp3) is 0.429. The van der Waals surface area contributed by atoms with E-state index >= 15 is 0 Å². The average Bonchev–Trinajstić information content (AvgIpc) is 2.48. The summed E-state index contributed by atoms with van der Waals surface area (Å²) in [5.74, 6) is 1.24. The summed E-state index contributed by atoms with van der Waals surface area (Å²) in [5, 5.41) is 10.3. The first-order valence-corrected chi connectivity index (χ1v) is 8.51. The monoisotopic (exact) mass is 310 g/mol. The normalized spacial score (nSPS) is 29.0. The van der Waals surface area contributed by atoms with Crippen LogP contribution in [0.2, 0.25) is 0 Å². The number of rotatable bonds is 0. The number of hydrogen-bond donors (Lipinski definition) is 1. The molecule has 2 aliphatic heterocycles. The first kappa shape index (κ1) is 15.9. The van der Waals surface area contributed by atoms with Crippen LogP contribution in [-0.2, 0) is 6.42 Å². The van der Waals surface area contributed by atoms with Gasteiger partial charge in [0.2, 0.25) is 0 Å². The smallest absolute Gasteiger partial charge is 0.128 e. The Bertz CT molecular complexity index is 694. The molecule has 2 aliphatic rings. The second-order valence-corrected chi connectivity index (χ2v) is 7.12. The Morgan fingerprint density at radius 1 is 1.09 bits per heavy atom. The van der Waals surface area contributed by atoms with E-state index < -0.39 is 0 Å². The minimum absolute atomic E-state index is 0.271. The topological polar surface area (TPSA) is 29.5 Å². The highest BCUT2D eigenvalue weighted by Gasteiger charge is 2.27. The maximum atomic E-state index is 10.3. The van der Waals surface area contributed by atoms with Crippen LogP contribution in [0, 0.1) is 0 Å². The first-order chi connectivity index (χ1) is 11.0. The molecule has 0 saturated carbocycles. The first-order valence-electron chi connectivity index (χ1n) is 8.51. The fourth-order valence-corrected chi connectivity index (χ4v) is 3.30. The van der Waals surface area contributed by atoms with Crippen molar-refractivity contribution < 1.29 is 9.84 Å². The Labute approximate surface area is 139 Å². The lowest BCUT2D eigenvalue weighted by molar-refractivity contribution is 0.128. The van der Waals surface area contributed by atoms with Gasteiger partial charge in [-0.25, -0.2) is 0 Å². The second kappa shape index (κ2) is 6.27. The molecule has 0 amide bonds. The van der Waals surface area contributed by atoms with Crippen molar-refractivity contribution in [3.8, 4) is 11.5 Å². The zero-order valence-electron chi connectivity index (χ0n) is 14.4. The molecule has 0 fully saturated rings. The maximum Gasteiger partial charge on any atom is 0.128 e. The summed E-state index contributed by atoms with van der Waals surface area (Å²) in [5.41, 5.74) is 4.37. The van der Waals surface area contributed by atoms with E-state index in [-0.39, 0.29) is 5.60 Å². The predicted octanol–water partition coefficient (Wildman–Crippen LogP) is 5.57. The number of ether oxygens (including phenoxy) is 1. The van der Waals surface area contributed by atoms with Gasteiger partial charge < -0.3 is 9.84 Å². The Hall–Kier alpha value is -1.96. The van der Waals surface area contributed by atoms with Crippen molar-refractivity contribution in [3.63, 3.8) is 0 Å². The molecule has 23 heavy (non-hydrogen) atoms. The van der Waals surface area contributed by atoms with Crippen molar-refractivity contribution in [2.75, 3.05) is 0 Å². The number of benzene rings is 1. The van der Waals surface area contributed by atoms with E-state index in [1.807, 2.05) is 12.1 Å².